The molecule has 1 aliphatic heterocycles. The van der Waals surface area contributed by atoms with Crippen LogP contribution in [0.1, 0.15) is 26.7 Å². The number of aromatic nitrogens is 4. The van der Waals surface area contributed by atoms with Gasteiger partial charge in [-0.15, -0.1) is 5.10 Å². The molecule has 0 N–H and O–H groups in total. The Morgan fingerprint density at radius 3 is 2.76 bits per heavy atom. The fourth-order valence-electron chi connectivity index (χ4n) is 3.06. The number of ether oxygens (including phenoxy) is 1. The fraction of sp³-hybridized carbons (Fsp3) is 0.562. The molecule has 0 spiro atoms. The minimum absolute atomic E-state index is 0.00873. The Kier molecular flexibility index (Phi) is 6.82. The van der Waals surface area contributed by atoms with E-state index in [1.807, 2.05) is 0 Å². The lowest BCUT2D eigenvalue weighted by Gasteiger charge is -2.18. The molecule has 1 atom stereocenters. The highest BCUT2D eigenvalue weighted by Gasteiger charge is 2.27. The number of rotatable bonds is 9. The molecule has 1 aliphatic rings. The molecule has 13 heteroatoms. The molecular weight excluding hydrogens is 420 g/mol. The largest absolute Gasteiger partial charge is 0.376 e. The molecule has 1 unspecified atom stereocenters. The van der Waals surface area contributed by atoms with E-state index in [0.717, 1.165) is 30.7 Å². The van der Waals surface area contributed by atoms with Gasteiger partial charge in [0.05, 0.1) is 27.4 Å². The van der Waals surface area contributed by atoms with Crippen molar-refractivity contribution in [2.45, 2.75) is 54.3 Å². The first-order valence-electron chi connectivity index (χ1n) is 9.21. The summed E-state index contributed by atoms with van der Waals surface area (Å²) in [5, 5.41) is 23.5. The molecule has 2 heterocycles. The van der Waals surface area contributed by atoms with Crippen molar-refractivity contribution in [2.75, 3.05) is 19.7 Å². The first-order chi connectivity index (χ1) is 13.9. The second-order valence-corrected chi connectivity index (χ2v) is 9.30. The van der Waals surface area contributed by atoms with Gasteiger partial charge in [0.1, 0.15) is 0 Å². The molecular formula is C16H22N6O5S2. The number of hydrogen-bond acceptors (Lipinski definition) is 9. The van der Waals surface area contributed by atoms with E-state index in [4.69, 9.17) is 4.74 Å². The van der Waals surface area contributed by atoms with Gasteiger partial charge in [0.15, 0.2) is 0 Å². The molecule has 3 rings (SSSR count). The van der Waals surface area contributed by atoms with Crippen LogP contribution >= 0.6 is 11.8 Å². The quantitative estimate of drug-likeness (QED) is 0.422. The molecule has 29 heavy (non-hydrogen) atoms. The second kappa shape index (κ2) is 9.15. The highest BCUT2D eigenvalue weighted by atomic mass is 32.2. The first-order valence-corrected chi connectivity index (χ1v) is 11.5. The van der Waals surface area contributed by atoms with E-state index in [-0.39, 0.29) is 34.7 Å². The van der Waals surface area contributed by atoms with Crippen molar-refractivity contribution in [2.24, 2.45) is 0 Å². The van der Waals surface area contributed by atoms with E-state index in [1.54, 1.807) is 18.5 Å². The topological polar surface area (TPSA) is 133 Å². The normalized spacial score (nSPS) is 17.1. The second-order valence-electron chi connectivity index (χ2n) is 6.36. The Morgan fingerprint density at radius 1 is 1.38 bits per heavy atom. The number of benzene rings is 1. The van der Waals surface area contributed by atoms with E-state index in [1.165, 1.54) is 16.4 Å². The van der Waals surface area contributed by atoms with Crippen LogP contribution in [-0.4, -0.2) is 63.7 Å². The standard InChI is InChI=1S/C16H22N6O5S2/c1-3-20(4-2)29(25,26)13-7-8-15(14(10-13)22(23)24)28-16-17-18-19-21(16)11-12-6-5-9-27-12/h7-8,10,12H,3-6,9,11H2,1-2H3. The van der Waals surface area contributed by atoms with Crippen LogP contribution in [0.5, 0.6) is 0 Å². The number of nitrogens with zero attached hydrogens (tertiary/aromatic N) is 6. The highest BCUT2D eigenvalue weighted by Crippen LogP contribution is 2.35. The molecule has 0 aliphatic carbocycles. The average Bonchev–Trinajstić information content (AvgIpc) is 3.35. The zero-order valence-electron chi connectivity index (χ0n) is 16.1. The number of nitro benzene ring substituents is 1. The van der Waals surface area contributed by atoms with Crippen LogP contribution in [0, 0.1) is 10.1 Å². The van der Waals surface area contributed by atoms with E-state index < -0.39 is 14.9 Å². The Morgan fingerprint density at radius 2 is 2.14 bits per heavy atom. The predicted octanol–water partition coefficient (Wildman–Crippen LogP) is 1.94. The van der Waals surface area contributed by atoms with Crippen molar-refractivity contribution >= 4 is 27.5 Å². The minimum atomic E-state index is -3.80. The monoisotopic (exact) mass is 442 g/mol. The van der Waals surface area contributed by atoms with Crippen molar-refractivity contribution in [1.29, 1.82) is 0 Å². The third kappa shape index (κ3) is 4.74. The zero-order chi connectivity index (χ0) is 21.0. The molecule has 0 amide bonds. The van der Waals surface area contributed by atoms with Crippen LogP contribution in [0.2, 0.25) is 0 Å². The molecule has 0 bridgehead atoms. The van der Waals surface area contributed by atoms with Crippen LogP contribution in [0.3, 0.4) is 0 Å². The third-order valence-corrected chi connectivity index (χ3v) is 7.66. The average molecular weight is 443 g/mol. The van der Waals surface area contributed by atoms with Crippen molar-refractivity contribution in [3.05, 3.63) is 28.3 Å². The summed E-state index contributed by atoms with van der Waals surface area (Å²) in [4.78, 5) is 11.2. The van der Waals surface area contributed by atoms with Gasteiger partial charge in [-0.1, -0.05) is 13.8 Å². The van der Waals surface area contributed by atoms with Crippen LogP contribution in [0.25, 0.3) is 0 Å². The highest BCUT2D eigenvalue weighted by molar-refractivity contribution is 7.99. The maximum atomic E-state index is 12.7. The van der Waals surface area contributed by atoms with Gasteiger partial charge in [-0.3, -0.25) is 10.1 Å². The summed E-state index contributed by atoms with van der Waals surface area (Å²) in [6, 6.07) is 3.88. The fourth-order valence-corrected chi connectivity index (χ4v) is 5.41. The number of hydrogen-bond donors (Lipinski definition) is 0. The zero-order valence-corrected chi connectivity index (χ0v) is 17.7. The van der Waals surface area contributed by atoms with Crippen LogP contribution in [-0.2, 0) is 21.3 Å². The molecule has 1 saturated heterocycles. The molecule has 2 aromatic rings. The summed E-state index contributed by atoms with van der Waals surface area (Å²) < 4.78 is 33.8. The molecule has 1 fully saturated rings. The smallest absolute Gasteiger partial charge is 0.284 e. The van der Waals surface area contributed by atoms with E-state index in [9.17, 15) is 18.5 Å². The minimum Gasteiger partial charge on any atom is -0.376 e. The molecule has 158 valence electrons. The summed E-state index contributed by atoms with van der Waals surface area (Å²) >= 11 is 1.02. The lowest BCUT2D eigenvalue weighted by molar-refractivity contribution is -0.388. The van der Waals surface area contributed by atoms with E-state index in [2.05, 4.69) is 15.5 Å². The molecule has 1 aromatic heterocycles. The van der Waals surface area contributed by atoms with Crippen LogP contribution in [0.4, 0.5) is 5.69 Å². The SMILES string of the molecule is CCN(CC)S(=O)(=O)c1ccc(Sc2nnnn2CC2CCCO2)c([N+](=O)[O-])c1. The molecule has 1 aromatic carbocycles. The molecule has 11 nitrogen and oxygen atoms in total. The lowest BCUT2D eigenvalue weighted by atomic mass is 10.2. The van der Waals surface area contributed by atoms with Crippen LogP contribution < -0.4 is 0 Å². The van der Waals surface area contributed by atoms with Gasteiger partial charge in [0.2, 0.25) is 15.2 Å². The van der Waals surface area contributed by atoms with Gasteiger partial charge in [-0.25, -0.2) is 13.1 Å². The van der Waals surface area contributed by atoms with Gasteiger partial charge < -0.3 is 4.74 Å². The van der Waals surface area contributed by atoms with Gasteiger partial charge in [0.25, 0.3) is 5.69 Å². The van der Waals surface area contributed by atoms with Crippen molar-refractivity contribution in [3.63, 3.8) is 0 Å². The summed E-state index contributed by atoms with van der Waals surface area (Å²) in [5.74, 6) is 0. The number of sulfonamides is 1. The third-order valence-electron chi connectivity index (χ3n) is 4.57. The van der Waals surface area contributed by atoms with E-state index >= 15 is 0 Å². The van der Waals surface area contributed by atoms with Gasteiger partial charge >= 0.3 is 0 Å². The summed E-state index contributed by atoms with van der Waals surface area (Å²) in [7, 11) is -3.80. The van der Waals surface area contributed by atoms with Gasteiger partial charge in [-0.05, 0) is 47.2 Å². The predicted molar refractivity (Wildman–Crippen MR) is 104 cm³/mol. The van der Waals surface area contributed by atoms with Crippen LogP contribution in [0.15, 0.2) is 33.1 Å². The van der Waals surface area contributed by atoms with Crippen molar-refractivity contribution in [1.82, 2.24) is 24.5 Å². The Labute approximate surface area is 172 Å². The summed E-state index contributed by atoms with van der Waals surface area (Å²) in [6.45, 7) is 5.14. The maximum absolute atomic E-state index is 12.7. The molecule has 0 saturated carbocycles. The van der Waals surface area contributed by atoms with Gasteiger partial charge in [0, 0.05) is 25.8 Å². The van der Waals surface area contributed by atoms with Gasteiger partial charge in [-0.2, -0.15) is 4.31 Å². The maximum Gasteiger partial charge on any atom is 0.284 e. The first kappa shape index (κ1) is 21.6. The summed E-state index contributed by atoms with van der Waals surface area (Å²) in [6.07, 6.45) is 1.89. The Balaban J connectivity index is 1.89. The Hall–Kier alpha value is -2.09. The Bertz CT molecular complexity index is 970. The number of tetrazole rings is 1. The number of nitro groups is 1. The lowest BCUT2D eigenvalue weighted by Crippen LogP contribution is -2.30. The van der Waals surface area contributed by atoms with Crippen molar-refractivity contribution in [3.8, 4) is 0 Å². The van der Waals surface area contributed by atoms with Crippen molar-refractivity contribution < 1.29 is 18.1 Å². The van der Waals surface area contributed by atoms with E-state index in [0.29, 0.717) is 18.3 Å². The summed E-state index contributed by atoms with van der Waals surface area (Å²) in [5.41, 5.74) is -0.310. The molecule has 0 radical (unpaired) electrons.